The third kappa shape index (κ3) is 4.93. The second kappa shape index (κ2) is 8.10. The Morgan fingerprint density at radius 1 is 1.00 bits per heavy atom. The molecule has 0 aromatic heterocycles. The molecular weight excluding hydrogens is 290 g/mol. The third-order valence-corrected chi connectivity index (χ3v) is 3.66. The molecule has 1 atom stereocenters. The molecular formula is C18H22N3O2+. The maximum atomic E-state index is 12.0. The van der Waals surface area contributed by atoms with Gasteiger partial charge in [0.2, 0.25) is 5.91 Å². The Morgan fingerprint density at radius 3 is 1.91 bits per heavy atom. The minimum atomic E-state index is -0.543. The van der Waals surface area contributed by atoms with Gasteiger partial charge in [-0.1, -0.05) is 60.7 Å². The van der Waals surface area contributed by atoms with Gasteiger partial charge in [0.05, 0.1) is 13.6 Å². The fourth-order valence-electron chi connectivity index (χ4n) is 2.66. The Hall–Kier alpha value is -2.66. The summed E-state index contributed by atoms with van der Waals surface area (Å²) in [6.45, 7) is 0.120. The normalized spacial score (nSPS) is 11.9. The number of carbonyl (C=O) groups excluding carboxylic acids is 2. The van der Waals surface area contributed by atoms with Crippen molar-refractivity contribution < 1.29 is 14.5 Å². The Bertz CT molecular complexity index is 604. The Kier molecular flexibility index (Phi) is 5.88. The first-order valence-electron chi connectivity index (χ1n) is 7.55. The molecule has 0 heterocycles. The van der Waals surface area contributed by atoms with Crippen LogP contribution in [0.3, 0.4) is 0 Å². The highest BCUT2D eigenvalue weighted by molar-refractivity contribution is 5.84. The Balaban J connectivity index is 2.17. The summed E-state index contributed by atoms with van der Waals surface area (Å²) in [5, 5.41) is 2.54. The highest BCUT2D eigenvalue weighted by atomic mass is 16.2. The summed E-state index contributed by atoms with van der Waals surface area (Å²) in [7, 11) is 1.97. The lowest BCUT2D eigenvalue weighted by molar-refractivity contribution is -0.898. The predicted molar refractivity (Wildman–Crippen MR) is 88.7 cm³/mol. The zero-order valence-electron chi connectivity index (χ0n) is 13.2. The molecule has 2 aromatic carbocycles. The minimum absolute atomic E-state index is 0.0386. The fraction of sp³-hybridized carbons (Fsp3) is 0.222. The molecule has 0 aliphatic heterocycles. The van der Waals surface area contributed by atoms with Crippen molar-refractivity contribution in [2.75, 3.05) is 20.1 Å². The van der Waals surface area contributed by atoms with Gasteiger partial charge in [-0.2, -0.15) is 0 Å². The molecule has 0 saturated heterocycles. The maximum absolute atomic E-state index is 12.0. The van der Waals surface area contributed by atoms with E-state index in [1.807, 2.05) is 43.4 Å². The summed E-state index contributed by atoms with van der Waals surface area (Å²) in [5.74, 6) is -0.739. The largest absolute Gasteiger partial charge is 0.368 e. The number of nitrogens with two attached hydrogens (primary N) is 1. The molecule has 0 bridgehead atoms. The number of carbonyl (C=O) groups is 2. The summed E-state index contributed by atoms with van der Waals surface area (Å²) in [4.78, 5) is 23.8. The lowest BCUT2D eigenvalue weighted by atomic mass is 9.97. The van der Waals surface area contributed by atoms with Gasteiger partial charge in [-0.15, -0.1) is 0 Å². The minimum Gasteiger partial charge on any atom is -0.368 e. The van der Waals surface area contributed by atoms with E-state index in [0.29, 0.717) is 0 Å². The maximum Gasteiger partial charge on any atom is 0.275 e. The SMILES string of the molecule is C[NH+](CC(=O)NCC(N)=O)C(c1ccccc1)c1ccccc1. The molecule has 0 spiro atoms. The molecule has 2 aromatic rings. The van der Waals surface area contributed by atoms with Crippen molar-refractivity contribution in [1.29, 1.82) is 0 Å². The van der Waals surface area contributed by atoms with Gasteiger partial charge in [-0.25, -0.2) is 0 Å². The highest BCUT2D eigenvalue weighted by Gasteiger charge is 2.24. The zero-order chi connectivity index (χ0) is 16.7. The number of likely N-dealkylation sites (N-methyl/N-ethyl adjacent to an activating group) is 1. The van der Waals surface area contributed by atoms with Crippen molar-refractivity contribution in [1.82, 2.24) is 5.32 Å². The van der Waals surface area contributed by atoms with Crippen LogP contribution in [0.1, 0.15) is 17.2 Å². The highest BCUT2D eigenvalue weighted by Crippen LogP contribution is 2.18. The smallest absolute Gasteiger partial charge is 0.275 e. The van der Waals surface area contributed by atoms with Gasteiger partial charge >= 0.3 is 0 Å². The van der Waals surface area contributed by atoms with Crippen LogP contribution in [0.15, 0.2) is 60.7 Å². The first-order valence-corrected chi connectivity index (χ1v) is 7.55. The topological polar surface area (TPSA) is 76.6 Å². The second-order valence-electron chi connectivity index (χ2n) is 5.52. The van der Waals surface area contributed by atoms with Crippen molar-refractivity contribution in [3.05, 3.63) is 71.8 Å². The summed E-state index contributed by atoms with van der Waals surface area (Å²) >= 11 is 0. The summed E-state index contributed by atoms with van der Waals surface area (Å²) < 4.78 is 0. The van der Waals surface area contributed by atoms with Crippen molar-refractivity contribution >= 4 is 11.8 Å². The van der Waals surface area contributed by atoms with E-state index in [4.69, 9.17) is 5.73 Å². The van der Waals surface area contributed by atoms with Crippen molar-refractivity contribution in [3.63, 3.8) is 0 Å². The predicted octanol–water partition coefficient (Wildman–Crippen LogP) is -0.108. The van der Waals surface area contributed by atoms with E-state index in [9.17, 15) is 9.59 Å². The van der Waals surface area contributed by atoms with E-state index >= 15 is 0 Å². The molecule has 4 N–H and O–H groups in total. The van der Waals surface area contributed by atoms with Gasteiger partial charge in [0.15, 0.2) is 6.54 Å². The molecule has 0 saturated carbocycles. The van der Waals surface area contributed by atoms with Gasteiger partial charge in [-0.05, 0) is 0 Å². The molecule has 5 heteroatoms. The van der Waals surface area contributed by atoms with Crippen molar-refractivity contribution in [2.24, 2.45) is 5.73 Å². The number of primary amides is 1. The molecule has 0 radical (unpaired) electrons. The van der Waals surface area contributed by atoms with Crippen LogP contribution in [0.5, 0.6) is 0 Å². The van der Waals surface area contributed by atoms with Crippen molar-refractivity contribution in [2.45, 2.75) is 6.04 Å². The number of quaternary nitrogens is 1. The molecule has 0 aliphatic carbocycles. The monoisotopic (exact) mass is 312 g/mol. The first kappa shape index (κ1) is 16.7. The number of benzene rings is 2. The van der Waals surface area contributed by atoms with Gasteiger partial charge in [-0.3, -0.25) is 9.59 Å². The molecule has 0 aliphatic rings. The summed E-state index contributed by atoms with van der Waals surface area (Å²) in [6.07, 6.45) is 0. The van der Waals surface area contributed by atoms with E-state index in [0.717, 1.165) is 16.0 Å². The van der Waals surface area contributed by atoms with E-state index in [1.165, 1.54) is 0 Å². The number of amides is 2. The molecule has 120 valence electrons. The van der Waals surface area contributed by atoms with Crippen LogP contribution in [0.25, 0.3) is 0 Å². The number of hydrogen-bond donors (Lipinski definition) is 3. The molecule has 2 amide bonds. The van der Waals surface area contributed by atoms with Crippen LogP contribution in [0.2, 0.25) is 0 Å². The van der Waals surface area contributed by atoms with E-state index < -0.39 is 5.91 Å². The first-order chi connectivity index (χ1) is 11.1. The van der Waals surface area contributed by atoms with Gasteiger partial charge < -0.3 is 16.0 Å². The number of rotatable bonds is 7. The van der Waals surface area contributed by atoms with Crippen molar-refractivity contribution in [3.8, 4) is 0 Å². The van der Waals surface area contributed by atoms with Gasteiger partial charge in [0, 0.05) is 11.1 Å². The lowest BCUT2D eigenvalue weighted by Gasteiger charge is -2.25. The zero-order valence-corrected chi connectivity index (χ0v) is 13.2. The van der Waals surface area contributed by atoms with E-state index in [1.54, 1.807) is 0 Å². The van der Waals surface area contributed by atoms with E-state index in [-0.39, 0.29) is 25.0 Å². The van der Waals surface area contributed by atoms with E-state index in [2.05, 4.69) is 29.6 Å². The standard InChI is InChI=1S/C18H21N3O2/c1-21(13-17(23)20-12-16(19)22)18(14-8-4-2-5-9-14)15-10-6-3-7-11-15/h2-11,18H,12-13H2,1H3,(H2,19,22)(H,20,23)/p+1. The second-order valence-corrected chi connectivity index (χ2v) is 5.52. The van der Waals surface area contributed by atoms with Gasteiger partial charge in [0.1, 0.15) is 6.04 Å². The molecule has 5 nitrogen and oxygen atoms in total. The summed E-state index contributed by atoms with van der Waals surface area (Å²) in [6, 6.07) is 20.2. The molecule has 23 heavy (non-hydrogen) atoms. The molecule has 2 rings (SSSR count). The number of hydrogen-bond acceptors (Lipinski definition) is 2. The number of nitrogens with one attached hydrogen (secondary N) is 2. The Morgan fingerprint density at radius 2 is 1.48 bits per heavy atom. The van der Waals surface area contributed by atoms with Crippen LogP contribution in [-0.2, 0) is 9.59 Å². The summed E-state index contributed by atoms with van der Waals surface area (Å²) in [5.41, 5.74) is 7.33. The van der Waals surface area contributed by atoms with Gasteiger partial charge in [0.25, 0.3) is 5.91 Å². The van der Waals surface area contributed by atoms with Crippen LogP contribution in [-0.4, -0.2) is 32.0 Å². The van der Waals surface area contributed by atoms with Crippen LogP contribution in [0.4, 0.5) is 0 Å². The molecule has 0 fully saturated rings. The third-order valence-electron chi connectivity index (χ3n) is 3.66. The average molecular weight is 312 g/mol. The average Bonchev–Trinajstić information content (AvgIpc) is 2.55. The molecule has 1 unspecified atom stereocenters. The van der Waals surface area contributed by atoms with Crippen LogP contribution in [0, 0.1) is 0 Å². The lowest BCUT2D eigenvalue weighted by Crippen LogP contribution is -3.10. The Labute approximate surface area is 136 Å². The fourth-order valence-corrected chi connectivity index (χ4v) is 2.66. The quantitative estimate of drug-likeness (QED) is 0.667. The van der Waals surface area contributed by atoms with Crippen LogP contribution < -0.4 is 16.0 Å². The van der Waals surface area contributed by atoms with Crippen LogP contribution >= 0.6 is 0 Å².